The second kappa shape index (κ2) is 8.09. The number of nitrogens with zero attached hydrogens (tertiary/aromatic N) is 2. The van der Waals surface area contributed by atoms with Gasteiger partial charge in [0.15, 0.2) is 0 Å². The Labute approximate surface area is 155 Å². The zero-order valence-electron chi connectivity index (χ0n) is 14.7. The second-order valence-corrected chi connectivity index (χ2v) is 5.79. The van der Waals surface area contributed by atoms with Crippen molar-refractivity contribution in [3.05, 3.63) is 82.6 Å². The van der Waals surface area contributed by atoms with E-state index in [1.165, 1.54) is 13.1 Å². The minimum absolute atomic E-state index is 0.232. The Morgan fingerprint density at radius 3 is 2.52 bits per heavy atom. The van der Waals surface area contributed by atoms with Gasteiger partial charge in [0.05, 0.1) is 5.69 Å². The van der Waals surface area contributed by atoms with E-state index in [1.54, 1.807) is 30.3 Å². The van der Waals surface area contributed by atoms with E-state index in [9.17, 15) is 14.4 Å². The smallest absolute Gasteiger partial charge is 0.267 e. The van der Waals surface area contributed by atoms with Crippen molar-refractivity contribution in [3.63, 3.8) is 0 Å². The Morgan fingerprint density at radius 1 is 1.00 bits per heavy atom. The number of hydrogen-bond acceptors (Lipinski definition) is 4. The summed E-state index contributed by atoms with van der Waals surface area (Å²) >= 11 is 0. The summed E-state index contributed by atoms with van der Waals surface area (Å²) in [5, 5.41) is 9.46. The van der Waals surface area contributed by atoms with E-state index < -0.39 is 5.91 Å². The van der Waals surface area contributed by atoms with Crippen molar-refractivity contribution in [1.29, 1.82) is 0 Å². The van der Waals surface area contributed by atoms with Crippen LogP contribution in [0.2, 0.25) is 0 Å². The summed E-state index contributed by atoms with van der Waals surface area (Å²) in [6.07, 6.45) is 0. The molecule has 0 aliphatic heterocycles. The van der Waals surface area contributed by atoms with Crippen LogP contribution in [0.1, 0.15) is 10.4 Å². The number of carbonyl (C=O) groups is 2. The lowest BCUT2D eigenvalue weighted by molar-refractivity contribution is -0.117. The van der Waals surface area contributed by atoms with E-state index in [4.69, 9.17) is 0 Å². The van der Waals surface area contributed by atoms with Gasteiger partial charge in [-0.3, -0.25) is 14.4 Å². The van der Waals surface area contributed by atoms with Gasteiger partial charge in [-0.25, -0.2) is 4.68 Å². The molecule has 0 unspecified atom stereocenters. The largest absolute Gasteiger partial charge is 0.355 e. The third-order valence-corrected chi connectivity index (χ3v) is 3.87. The first-order chi connectivity index (χ1) is 13.1. The molecule has 0 spiro atoms. The average molecular weight is 362 g/mol. The van der Waals surface area contributed by atoms with Crippen molar-refractivity contribution in [2.45, 2.75) is 6.54 Å². The SMILES string of the molecule is CNC(=O)c1cccc(NC(=O)Cn2nc(-c3ccccc3)ccc2=O)c1. The number of benzene rings is 2. The summed E-state index contributed by atoms with van der Waals surface area (Å²) in [5.74, 6) is -0.664. The molecule has 1 aromatic heterocycles. The predicted octanol–water partition coefficient (Wildman–Crippen LogP) is 1.91. The Bertz CT molecular complexity index is 1030. The highest BCUT2D eigenvalue weighted by Gasteiger charge is 2.10. The monoisotopic (exact) mass is 362 g/mol. The fourth-order valence-corrected chi connectivity index (χ4v) is 2.54. The number of carbonyl (C=O) groups excluding carboxylic acids is 2. The van der Waals surface area contributed by atoms with Gasteiger partial charge >= 0.3 is 0 Å². The van der Waals surface area contributed by atoms with E-state index in [1.807, 2.05) is 30.3 Å². The number of hydrogen-bond donors (Lipinski definition) is 2. The summed E-state index contributed by atoms with van der Waals surface area (Å²) in [6, 6.07) is 18.9. The molecule has 136 valence electrons. The summed E-state index contributed by atoms with van der Waals surface area (Å²) in [6.45, 7) is -0.232. The molecular formula is C20H18N4O3. The summed E-state index contributed by atoms with van der Waals surface area (Å²) < 4.78 is 1.11. The molecule has 0 aliphatic carbocycles. The molecular weight excluding hydrogens is 344 g/mol. The van der Waals surface area contributed by atoms with Crippen molar-refractivity contribution in [1.82, 2.24) is 15.1 Å². The molecule has 0 aliphatic rings. The van der Waals surface area contributed by atoms with Crippen LogP contribution in [-0.2, 0) is 11.3 Å². The molecule has 2 N–H and O–H groups in total. The Kier molecular flexibility index (Phi) is 5.41. The van der Waals surface area contributed by atoms with Crippen molar-refractivity contribution in [3.8, 4) is 11.3 Å². The van der Waals surface area contributed by atoms with Gasteiger partial charge in [0.25, 0.3) is 11.5 Å². The van der Waals surface area contributed by atoms with Crippen LogP contribution in [0.25, 0.3) is 11.3 Å². The lowest BCUT2D eigenvalue weighted by Gasteiger charge is -2.09. The number of aromatic nitrogens is 2. The predicted molar refractivity (Wildman–Crippen MR) is 102 cm³/mol. The lowest BCUT2D eigenvalue weighted by Crippen LogP contribution is -2.29. The number of amides is 2. The first-order valence-electron chi connectivity index (χ1n) is 8.32. The van der Waals surface area contributed by atoms with Crippen LogP contribution in [0.15, 0.2) is 71.5 Å². The Balaban J connectivity index is 1.77. The van der Waals surface area contributed by atoms with Crippen molar-refractivity contribution in [2.75, 3.05) is 12.4 Å². The van der Waals surface area contributed by atoms with Crippen LogP contribution < -0.4 is 16.2 Å². The van der Waals surface area contributed by atoms with Crippen LogP contribution in [-0.4, -0.2) is 28.6 Å². The minimum atomic E-state index is -0.413. The fraction of sp³-hybridized carbons (Fsp3) is 0.100. The maximum absolute atomic E-state index is 12.3. The average Bonchev–Trinajstić information content (AvgIpc) is 2.70. The second-order valence-electron chi connectivity index (χ2n) is 5.79. The van der Waals surface area contributed by atoms with Gasteiger partial charge in [-0.15, -0.1) is 0 Å². The van der Waals surface area contributed by atoms with Crippen LogP contribution in [0.5, 0.6) is 0 Å². The highest BCUT2D eigenvalue weighted by atomic mass is 16.2. The first-order valence-corrected chi connectivity index (χ1v) is 8.32. The molecule has 3 rings (SSSR count). The summed E-state index contributed by atoms with van der Waals surface area (Å²) in [5.41, 5.74) is 1.98. The third-order valence-electron chi connectivity index (χ3n) is 3.87. The van der Waals surface area contributed by atoms with Crippen LogP contribution in [0, 0.1) is 0 Å². The Hall–Kier alpha value is -3.74. The summed E-state index contributed by atoms with van der Waals surface area (Å²) in [7, 11) is 1.53. The maximum atomic E-state index is 12.3. The zero-order chi connectivity index (χ0) is 19.2. The molecule has 2 aromatic carbocycles. The van der Waals surface area contributed by atoms with Crippen molar-refractivity contribution >= 4 is 17.5 Å². The molecule has 2 amide bonds. The normalized spacial score (nSPS) is 10.3. The number of anilines is 1. The van der Waals surface area contributed by atoms with Gasteiger partial charge < -0.3 is 10.6 Å². The molecule has 0 fully saturated rings. The molecule has 1 heterocycles. The van der Waals surface area contributed by atoms with E-state index >= 15 is 0 Å². The summed E-state index contributed by atoms with van der Waals surface area (Å²) in [4.78, 5) is 36.0. The lowest BCUT2D eigenvalue weighted by atomic mass is 10.1. The van der Waals surface area contributed by atoms with Gasteiger partial charge in [-0.2, -0.15) is 5.10 Å². The van der Waals surface area contributed by atoms with Crippen molar-refractivity contribution in [2.24, 2.45) is 0 Å². The van der Waals surface area contributed by atoms with Crippen LogP contribution in [0.4, 0.5) is 5.69 Å². The van der Waals surface area contributed by atoms with Gasteiger partial charge in [0.1, 0.15) is 6.54 Å². The Morgan fingerprint density at radius 2 is 1.78 bits per heavy atom. The molecule has 0 radical (unpaired) electrons. The van der Waals surface area contributed by atoms with Gasteiger partial charge in [-0.1, -0.05) is 36.4 Å². The standard InChI is InChI=1S/C20H18N4O3/c1-21-20(27)15-8-5-9-16(12-15)22-18(25)13-24-19(26)11-10-17(23-24)14-6-3-2-4-7-14/h2-12H,13H2,1H3,(H,21,27)(H,22,25). The maximum Gasteiger partial charge on any atom is 0.267 e. The molecule has 7 heteroatoms. The third kappa shape index (κ3) is 4.46. The topological polar surface area (TPSA) is 93.1 Å². The van der Waals surface area contributed by atoms with Crippen LogP contribution in [0.3, 0.4) is 0 Å². The zero-order valence-corrected chi connectivity index (χ0v) is 14.7. The van der Waals surface area contributed by atoms with E-state index in [0.717, 1.165) is 10.2 Å². The highest BCUT2D eigenvalue weighted by Crippen LogP contribution is 2.14. The number of rotatable bonds is 5. The molecule has 0 bridgehead atoms. The van der Waals surface area contributed by atoms with E-state index in [0.29, 0.717) is 16.9 Å². The molecule has 0 saturated heterocycles. The molecule has 0 atom stereocenters. The number of nitrogens with one attached hydrogen (secondary N) is 2. The van der Waals surface area contributed by atoms with E-state index in [-0.39, 0.29) is 18.0 Å². The highest BCUT2D eigenvalue weighted by molar-refractivity contribution is 5.97. The fourth-order valence-electron chi connectivity index (χ4n) is 2.54. The van der Waals surface area contributed by atoms with Crippen LogP contribution >= 0.6 is 0 Å². The van der Waals surface area contributed by atoms with Crippen molar-refractivity contribution < 1.29 is 9.59 Å². The van der Waals surface area contributed by atoms with E-state index in [2.05, 4.69) is 15.7 Å². The molecule has 3 aromatic rings. The first kappa shape index (κ1) is 18.1. The molecule has 0 saturated carbocycles. The minimum Gasteiger partial charge on any atom is -0.355 e. The van der Waals surface area contributed by atoms with Gasteiger partial charge in [0.2, 0.25) is 5.91 Å². The molecule has 7 nitrogen and oxygen atoms in total. The van der Waals surface area contributed by atoms with Gasteiger partial charge in [-0.05, 0) is 24.3 Å². The quantitative estimate of drug-likeness (QED) is 0.725. The molecule has 27 heavy (non-hydrogen) atoms. The van der Waals surface area contributed by atoms with Gasteiger partial charge in [0, 0.05) is 29.9 Å².